The predicted molar refractivity (Wildman–Crippen MR) is 92.7 cm³/mol. The average Bonchev–Trinajstić information content (AvgIpc) is 2.55. The van der Waals surface area contributed by atoms with Crippen LogP contribution in [0.2, 0.25) is 0 Å². The van der Waals surface area contributed by atoms with E-state index in [0.29, 0.717) is 0 Å². The van der Waals surface area contributed by atoms with Crippen LogP contribution in [-0.2, 0) is 0 Å². The van der Waals surface area contributed by atoms with E-state index in [9.17, 15) is 0 Å². The second-order valence-corrected chi connectivity index (χ2v) is 5.57. The fourth-order valence-electron chi connectivity index (χ4n) is 2.87. The van der Waals surface area contributed by atoms with E-state index < -0.39 is 0 Å². The van der Waals surface area contributed by atoms with Gasteiger partial charge < -0.3 is 4.74 Å². The molecule has 4 aromatic carbocycles. The second kappa shape index (κ2) is 5.19. The first-order valence-electron chi connectivity index (χ1n) is 7.46. The van der Waals surface area contributed by atoms with Crippen molar-refractivity contribution in [2.24, 2.45) is 0 Å². The molecule has 106 valence electrons. The molecule has 0 bridgehead atoms. The monoisotopic (exact) mass is 284 g/mol. The van der Waals surface area contributed by atoms with Crippen molar-refractivity contribution in [3.05, 3.63) is 84.4 Å². The Balaban J connectivity index is 2.03. The summed E-state index contributed by atoms with van der Waals surface area (Å²) in [5.41, 5.74) is 1.26. The summed E-state index contributed by atoms with van der Waals surface area (Å²) >= 11 is 0. The van der Waals surface area contributed by atoms with Crippen LogP contribution in [0.4, 0.5) is 0 Å². The fraction of sp³-hybridized carbons (Fsp3) is 0.0476. The Bertz CT molecular complexity index is 955. The maximum absolute atomic E-state index is 6.24. The summed E-state index contributed by atoms with van der Waals surface area (Å²) in [4.78, 5) is 0. The number of rotatable bonds is 2. The van der Waals surface area contributed by atoms with Crippen molar-refractivity contribution in [2.75, 3.05) is 0 Å². The van der Waals surface area contributed by atoms with Crippen molar-refractivity contribution in [3.8, 4) is 11.5 Å². The molecule has 0 spiro atoms. The Hall–Kier alpha value is -2.80. The maximum Gasteiger partial charge on any atom is 0.143 e. The third-order valence-corrected chi connectivity index (χ3v) is 3.93. The van der Waals surface area contributed by atoms with E-state index in [4.69, 9.17) is 4.74 Å². The Kier molecular flexibility index (Phi) is 3.05. The number of hydrogen-bond donors (Lipinski definition) is 0. The second-order valence-electron chi connectivity index (χ2n) is 5.57. The first kappa shape index (κ1) is 12.9. The molecule has 0 atom stereocenters. The number of hydrogen-bond acceptors (Lipinski definition) is 1. The molecule has 0 saturated heterocycles. The number of ether oxygens (including phenoxy) is 1. The molecule has 4 rings (SSSR count). The van der Waals surface area contributed by atoms with Gasteiger partial charge in [-0.3, -0.25) is 0 Å². The zero-order chi connectivity index (χ0) is 14.9. The van der Waals surface area contributed by atoms with Gasteiger partial charge in [-0.05, 0) is 35.9 Å². The smallest absolute Gasteiger partial charge is 0.143 e. The largest absolute Gasteiger partial charge is 0.456 e. The molecule has 1 nitrogen and oxygen atoms in total. The van der Waals surface area contributed by atoms with E-state index in [-0.39, 0.29) is 0 Å². The zero-order valence-corrected chi connectivity index (χ0v) is 12.4. The highest BCUT2D eigenvalue weighted by molar-refractivity contribution is 6.05. The quantitative estimate of drug-likeness (QED) is 0.404. The van der Waals surface area contributed by atoms with Crippen molar-refractivity contribution in [1.82, 2.24) is 0 Å². The van der Waals surface area contributed by atoms with Gasteiger partial charge in [0.05, 0.1) is 0 Å². The van der Waals surface area contributed by atoms with Crippen LogP contribution < -0.4 is 4.74 Å². The van der Waals surface area contributed by atoms with Crippen LogP contribution in [0.3, 0.4) is 0 Å². The summed E-state index contributed by atoms with van der Waals surface area (Å²) in [6, 6.07) is 27.1. The summed E-state index contributed by atoms with van der Waals surface area (Å²) < 4.78 is 6.24. The van der Waals surface area contributed by atoms with Crippen LogP contribution in [0, 0.1) is 6.92 Å². The molecule has 0 aliphatic heterocycles. The van der Waals surface area contributed by atoms with Gasteiger partial charge in [0.15, 0.2) is 0 Å². The standard InChI is InChI=1S/C21H16O/c1-15-11-12-20-17(13-15)14-16-7-5-6-10-19(16)21(20)22-18-8-3-2-4-9-18/h2-14H,1H3. The summed E-state index contributed by atoms with van der Waals surface area (Å²) in [6.07, 6.45) is 0. The van der Waals surface area contributed by atoms with E-state index in [1.165, 1.54) is 16.3 Å². The van der Waals surface area contributed by atoms with E-state index >= 15 is 0 Å². The van der Waals surface area contributed by atoms with Crippen LogP contribution in [0.5, 0.6) is 11.5 Å². The predicted octanol–water partition coefficient (Wildman–Crippen LogP) is 6.09. The molecule has 4 aromatic rings. The molecule has 0 N–H and O–H groups in total. The summed E-state index contributed by atoms with van der Waals surface area (Å²) in [7, 11) is 0. The lowest BCUT2D eigenvalue weighted by Crippen LogP contribution is -1.89. The lowest BCUT2D eigenvalue weighted by atomic mass is 10.0. The molecule has 22 heavy (non-hydrogen) atoms. The number of benzene rings is 4. The normalized spacial score (nSPS) is 11.0. The van der Waals surface area contributed by atoms with Crippen LogP contribution >= 0.6 is 0 Å². The van der Waals surface area contributed by atoms with Gasteiger partial charge in [0.1, 0.15) is 11.5 Å². The number of para-hydroxylation sites is 1. The van der Waals surface area contributed by atoms with Crippen molar-refractivity contribution in [1.29, 1.82) is 0 Å². The lowest BCUT2D eigenvalue weighted by molar-refractivity contribution is 0.494. The molecular formula is C21H16O. The first-order chi connectivity index (χ1) is 10.8. The van der Waals surface area contributed by atoms with Gasteiger partial charge in [0.2, 0.25) is 0 Å². The minimum Gasteiger partial charge on any atom is -0.456 e. The highest BCUT2D eigenvalue weighted by atomic mass is 16.5. The van der Waals surface area contributed by atoms with Gasteiger partial charge in [-0.15, -0.1) is 0 Å². The minimum absolute atomic E-state index is 0.862. The van der Waals surface area contributed by atoms with Gasteiger partial charge >= 0.3 is 0 Å². The highest BCUT2D eigenvalue weighted by Gasteiger charge is 2.09. The van der Waals surface area contributed by atoms with E-state index in [2.05, 4.69) is 55.5 Å². The molecule has 0 aromatic heterocycles. The maximum atomic E-state index is 6.24. The zero-order valence-electron chi connectivity index (χ0n) is 12.4. The van der Waals surface area contributed by atoms with Gasteiger partial charge in [0.25, 0.3) is 0 Å². The van der Waals surface area contributed by atoms with Crippen molar-refractivity contribution < 1.29 is 4.74 Å². The van der Waals surface area contributed by atoms with Gasteiger partial charge in [-0.25, -0.2) is 0 Å². The first-order valence-corrected chi connectivity index (χ1v) is 7.46. The molecule has 0 amide bonds. The summed E-state index contributed by atoms with van der Waals surface area (Å²) in [6.45, 7) is 2.12. The number of fused-ring (bicyclic) bond motifs is 2. The summed E-state index contributed by atoms with van der Waals surface area (Å²) in [5.74, 6) is 1.79. The Morgan fingerprint density at radius 1 is 0.636 bits per heavy atom. The Labute approximate surface area is 129 Å². The SMILES string of the molecule is Cc1ccc2c(Oc3ccccc3)c3ccccc3cc2c1. The molecule has 0 aliphatic carbocycles. The van der Waals surface area contributed by atoms with Crippen molar-refractivity contribution in [2.45, 2.75) is 6.92 Å². The highest BCUT2D eigenvalue weighted by Crippen LogP contribution is 2.37. The molecule has 0 aliphatic rings. The molecule has 0 heterocycles. The fourth-order valence-corrected chi connectivity index (χ4v) is 2.87. The van der Waals surface area contributed by atoms with Crippen LogP contribution in [0.15, 0.2) is 78.9 Å². The van der Waals surface area contributed by atoms with E-state index in [1.807, 2.05) is 30.3 Å². The van der Waals surface area contributed by atoms with Crippen molar-refractivity contribution >= 4 is 21.5 Å². The third-order valence-electron chi connectivity index (χ3n) is 3.93. The van der Waals surface area contributed by atoms with Crippen LogP contribution in [-0.4, -0.2) is 0 Å². The van der Waals surface area contributed by atoms with Gasteiger partial charge in [0, 0.05) is 10.8 Å². The lowest BCUT2D eigenvalue weighted by Gasteiger charge is -2.13. The number of aryl methyl sites for hydroxylation is 1. The molecule has 0 saturated carbocycles. The molecular weight excluding hydrogens is 268 g/mol. The van der Waals surface area contributed by atoms with Gasteiger partial charge in [-0.2, -0.15) is 0 Å². The average molecular weight is 284 g/mol. The summed E-state index contributed by atoms with van der Waals surface area (Å²) in [5, 5.41) is 4.70. The third kappa shape index (κ3) is 2.21. The molecule has 0 radical (unpaired) electrons. The molecule has 0 unspecified atom stereocenters. The molecule has 1 heteroatoms. The van der Waals surface area contributed by atoms with Gasteiger partial charge in [-0.1, -0.05) is 66.2 Å². The van der Waals surface area contributed by atoms with Crippen molar-refractivity contribution in [3.63, 3.8) is 0 Å². The van der Waals surface area contributed by atoms with E-state index in [1.54, 1.807) is 0 Å². The van der Waals surface area contributed by atoms with Crippen LogP contribution in [0.25, 0.3) is 21.5 Å². The Morgan fingerprint density at radius 2 is 1.36 bits per heavy atom. The topological polar surface area (TPSA) is 9.23 Å². The van der Waals surface area contributed by atoms with Crippen LogP contribution in [0.1, 0.15) is 5.56 Å². The van der Waals surface area contributed by atoms with E-state index in [0.717, 1.165) is 22.3 Å². The Morgan fingerprint density at radius 3 is 2.23 bits per heavy atom. The minimum atomic E-state index is 0.862. The molecule has 0 fully saturated rings.